The van der Waals surface area contributed by atoms with Gasteiger partial charge in [-0.3, -0.25) is 18.9 Å². The molecule has 3 aliphatic heterocycles. The van der Waals surface area contributed by atoms with Gasteiger partial charge < -0.3 is 9.80 Å². The van der Waals surface area contributed by atoms with Gasteiger partial charge in [0.2, 0.25) is 5.91 Å². The first-order valence-corrected chi connectivity index (χ1v) is 15.4. The van der Waals surface area contributed by atoms with Crippen molar-refractivity contribution < 1.29 is 26.7 Å². The molecule has 2 aromatic carbocycles. The lowest BCUT2D eigenvalue weighted by Crippen LogP contribution is -2.52. The summed E-state index contributed by atoms with van der Waals surface area (Å²) in [6, 6.07) is 3.01. The van der Waals surface area contributed by atoms with Crippen LogP contribution in [0.4, 0.5) is 27.8 Å². The number of piperazine rings is 1. The molecule has 5 heterocycles. The predicted octanol–water partition coefficient (Wildman–Crippen LogP) is 4.24. The average molecular weight is 646 g/mol. The number of aromatic nitrogens is 4. The highest BCUT2D eigenvalue weighted by Gasteiger charge is 2.41. The van der Waals surface area contributed by atoms with Gasteiger partial charge >= 0.3 is 11.9 Å². The number of benzene rings is 2. The number of aryl methyl sites for hydroxylation is 1. The molecule has 0 bridgehead atoms. The fourth-order valence-corrected chi connectivity index (χ4v) is 7.96. The second-order valence-corrected chi connectivity index (χ2v) is 12.6. The summed E-state index contributed by atoms with van der Waals surface area (Å²) in [6.07, 6.45) is -3.30. The van der Waals surface area contributed by atoms with Crippen LogP contribution in [0.15, 0.2) is 46.7 Å². The monoisotopic (exact) mass is 645 g/mol. The van der Waals surface area contributed by atoms with Gasteiger partial charge in [-0.05, 0) is 24.3 Å². The SMILES string of the molecule is C=CC(=O)N1CCN(c2nc(=O)n3c4c(c(-c5ccc(F)c6cnn(C)c56)c(C(F)(F)F)cc24)SCC3CN2CC(F)C2)CC1. The van der Waals surface area contributed by atoms with Crippen molar-refractivity contribution in [3.05, 3.63) is 58.9 Å². The standard InChI is InChI=1S/C30H28F5N7O2S/c1-3-23(43)40-6-8-41(9-7-40)28-19-10-21(30(33,34)35)24(18-4-5-22(32)20-11-36-38(2)25(18)20)27-26(19)42(29(44)37-28)17(15-45-27)14-39-12-16(31)13-39/h3-5,10-11,16-17H,1,6-9,12-15H2,2H3. The van der Waals surface area contributed by atoms with E-state index in [2.05, 4.69) is 16.7 Å². The molecule has 9 nitrogen and oxygen atoms in total. The number of rotatable bonds is 5. The normalized spacial score (nSPS) is 19.4. The number of amides is 1. The lowest BCUT2D eigenvalue weighted by Gasteiger charge is -2.40. The molecule has 45 heavy (non-hydrogen) atoms. The van der Waals surface area contributed by atoms with Crippen molar-refractivity contribution in [1.82, 2.24) is 29.1 Å². The number of carbonyl (C=O) groups excluding carboxylic acids is 1. The van der Waals surface area contributed by atoms with Crippen LogP contribution >= 0.6 is 11.8 Å². The molecular formula is C30H28F5N7O2S. The molecule has 0 saturated carbocycles. The Bertz CT molecular complexity index is 1930. The van der Waals surface area contributed by atoms with Gasteiger partial charge in [0.1, 0.15) is 17.8 Å². The number of likely N-dealkylation sites (tertiary alicyclic amines) is 1. The van der Waals surface area contributed by atoms with Crippen LogP contribution in [0.1, 0.15) is 11.6 Å². The minimum atomic E-state index is -4.82. The van der Waals surface area contributed by atoms with Gasteiger partial charge in [0.05, 0.1) is 34.2 Å². The van der Waals surface area contributed by atoms with Crippen molar-refractivity contribution in [1.29, 1.82) is 0 Å². The highest BCUT2D eigenvalue weighted by Crippen LogP contribution is 2.51. The molecule has 2 fully saturated rings. The van der Waals surface area contributed by atoms with Crippen molar-refractivity contribution >= 4 is 45.3 Å². The van der Waals surface area contributed by atoms with E-state index in [9.17, 15) is 18.4 Å². The molecule has 0 aliphatic carbocycles. The van der Waals surface area contributed by atoms with Crippen molar-refractivity contribution in [2.45, 2.75) is 23.3 Å². The van der Waals surface area contributed by atoms with E-state index in [4.69, 9.17) is 0 Å². The van der Waals surface area contributed by atoms with E-state index in [1.165, 1.54) is 46.4 Å². The van der Waals surface area contributed by atoms with Crippen molar-refractivity contribution in [3.8, 4) is 11.1 Å². The van der Waals surface area contributed by atoms with Gasteiger partial charge in [-0.15, -0.1) is 11.8 Å². The molecule has 1 atom stereocenters. The summed E-state index contributed by atoms with van der Waals surface area (Å²) in [5.74, 6) is -0.516. The van der Waals surface area contributed by atoms with E-state index in [-0.39, 0.29) is 89.1 Å². The van der Waals surface area contributed by atoms with Gasteiger partial charge in [-0.25, -0.2) is 13.6 Å². The quantitative estimate of drug-likeness (QED) is 0.237. The number of hydrogen-bond acceptors (Lipinski definition) is 7. The number of thioether (sulfide) groups is 1. The molecule has 236 valence electrons. The lowest BCUT2D eigenvalue weighted by molar-refractivity contribution is -0.137. The Balaban J connectivity index is 1.50. The fraction of sp³-hybridized carbons (Fsp3) is 0.400. The molecular weight excluding hydrogens is 617 g/mol. The summed E-state index contributed by atoms with van der Waals surface area (Å²) < 4.78 is 76.5. The van der Waals surface area contributed by atoms with E-state index >= 15 is 13.2 Å². The molecule has 3 aliphatic rings. The van der Waals surface area contributed by atoms with Crippen LogP contribution in [-0.2, 0) is 18.0 Å². The predicted molar refractivity (Wildman–Crippen MR) is 161 cm³/mol. The third-order valence-electron chi connectivity index (χ3n) is 8.80. The number of fused-ring (bicyclic) bond motifs is 1. The van der Waals surface area contributed by atoms with Crippen LogP contribution in [0.5, 0.6) is 0 Å². The zero-order valence-electron chi connectivity index (χ0n) is 24.2. The Morgan fingerprint density at radius 2 is 1.87 bits per heavy atom. The molecule has 15 heteroatoms. The number of halogens is 5. The first-order valence-electron chi connectivity index (χ1n) is 14.4. The summed E-state index contributed by atoms with van der Waals surface area (Å²) in [5.41, 5.74) is -1.09. The van der Waals surface area contributed by atoms with Gasteiger partial charge in [0.15, 0.2) is 0 Å². The Hall–Kier alpha value is -3.98. The van der Waals surface area contributed by atoms with Crippen molar-refractivity contribution in [2.75, 3.05) is 56.5 Å². The summed E-state index contributed by atoms with van der Waals surface area (Å²) >= 11 is 1.20. The molecule has 1 amide bonds. The first-order chi connectivity index (χ1) is 21.5. The second-order valence-electron chi connectivity index (χ2n) is 11.5. The molecule has 7 rings (SSSR count). The van der Waals surface area contributed by atoms with Crippen molar-refractivity contribution in [2.24, 2.45) is 7.05 Å². The van der Waals surface area contributed by atoms with E-state index in [1.807, 2.05) is 4.90 Å². The number of nitrogens with zero attached hydrogens (tertiary/aromatic N) is 7. The summed E-state index contributed by atoms with van der Waals surface area (Å²) in [7, 11) is 1.54. The zero-order chi connectivity index (χ0) is 31.8. The number of anilines is 1. The largest absolute Gasteiger partial charge is 0.417 e. The van der Waals surface area contributed by atoms with Crippen LogP contribution in [0, 0.1) is 5.82 Å². The summed E-state index contributed by atoms with van der Waals surface area (Å²) in [4.78, 5) is 35.8. The van der Waals surface area contributed by atoms with E-state index < -0.39 is 35.5 Å². The molecule has 0 radical (unpaired) electrons. The van der Waals surface area contributed by atoms with Gasteiger partial charge in [0.25, 0.3) is 0 Å². The first kappa shape index (κ1) is 29.7. The molecule has 0 spiro atoms. The van der Waals surface area contributed by atoms with E-state index in [0.717, 1.165) is 12.1 Å². The average Bonchev–Trinajstić information content (AvgIpc) is 3.40. The van der Waals surface area contributed by atoms with Crippen LogP contribution in [0.2, 0.25) is 0 Å². The second kappa shape index (κ2) is 10.8. The minimum Gasteiger partial charge on any atom is -0.352 e. The third-order valence-corrected chi connectivity index (χ3v) is 10.0. The molecule has 1 unspecified atom stereocenters. The lowest BCUT2D eigenvalue weighted by atomic mass is 9.94. The van der Waals surface area contributed by atoms with Crippen LogP contribution in [-0.4, -0.2) is 92.8 Å². The van der Waals surface area contributed by atoms with Crippen molar-refractivity contribution in [3.63, 3.8) is 0 Å². The Morgan fingerprint density at radius 1 is 1.13 bits per heavy atom. The maximum Gasteiger partial charge on any atom is 0.417 e. The van der Waals surface area contributed by atoms with Gasteiger partial charge in [-0.2, -0.15) is 23.3 Å². The molecule has 0 N–H and O–H groups in total. The minimum absolute atomic E-state index is 0.0763. The zero-order valence-corrected chi connectivity index (χ0v) is 25.0. The van der Waals surface area contributed by atoms with Crippen LogP contribution in [0.3, 0.4) is 0 Å². The summed E-state index contributed by atoms with van der Waals surface area (Å²) in [5, 5.41) is 4.34. The van der Waals surface area contributed by atoms with Gasteiger partial charge in [0, 0.05) is 80.0 Å². The van der Waals surface area contributed by atoms with Crippen LogP contribution < -0.4 is 10.6 Å². The summed E-state index contributed by atoms with van der Waals surface area (Å²) in [6.45, 7) is 5.34. The Morgan fingerprint density at radius 3 is 2.53 bits per heavy atom. The fourth-order valence-electron chi connectivity index (χ4n) is 6.64. The van der Waals surface area contributed by atoms with Crippen LogP contribution in [0.25, 0.3) is 32.9 Å². The number of carbonyl (C=O) groups is 1. The highest BCUT2D eigenvalue weighted by molar-refractivity contribution is 7.99. The van der Waals surface area contributed by atoms with E-state index in [0.29, 0.717) is 12.1 Å². The third kappa shape index (κ3) is 4.87. The Kier molecular flexibility index (Phi) is 7.15. The highest BCUT2D eigenvalue weighted by atomic mass is 32.2. The smallest absolute Gasteiger partial charge is 0.352 e. The topological polar surface area (TPSA) is 79.5 Å². The van der Waals surface area contributed by atoms with E-state index in [1.54, 1.807) is 9.80 Å². The maximum absolute atomic E-state index is 15.1. The molecule has 4 aromatic rings. The number of hydrogen-bond donors (Lipinski definition) is 0. The molecule has 2 saturated heterocycles. The number of alkyl halides is 4. The molecule has 2 aromatic heterocycles. The van der Waals surface area contributed by atoms with Gasteiger partial charge in [-0.1, -0.05) is 6.58 Å². The Labute approximate surface area is 257 Å². The maximum atomic E-state index is 15.1.